The lowest BCUT2D eigenvalue weighted by molar-refractivity contribution is 0.0593. The van der Waals surface area contributed by atoms with E-state index >= 15 is 0 Å². The summed E-state index contributed by atoms with van der Waals surface area (Å²) in [5, 5.41) is 9.03. The molecule has 7 nitrogen and oxygen atoms in total. The molecule has 0 radical (unpaired) electrons. The Bertz CT molecular complexity index is 942. The number of sulfone groups is 1. The van der Waals surface area contributed by atoms with Gasteiger partial charge in [-0.05, 0) is 18.2 Å². The number of hydrogen-bond acceptors (Lipinski definition) is 6. The highest BCUT2D eigenvalue weighted by Gasteiger charge is 2.24. The molecule has 0 fully saturated rings. The maximum absolute atomic E-state index is 14.1. The summed E-state index contributed by atoms with van der Waals surface area (Å²) < 4.78 is 43.0. The van der Waals surface area contributed by atoms with E-state index in [0.717, 1.165) is 42.3 Å². The Hall–Kier alpha value is -2.86. The van der Waals surface area contributed by atoms with E-state index in [-0.39, 0.29) is 27.5 Å². The number of nitrogens with zero attached hydrogens (tertiary/aromatic N) is 2. The number of nitrogens with two attached hydrogens (primary N) is 1. The van der Waals surface area contributed by atoms with Gasteiger partial charge in [-0.2, -0.15) is 5.26 Å². The number of rotatable bonds is 3. The van der Waals surface area contributed by atoms with E-state index < -0.39 is 21.6 Å². The molecule has 2 aromatic rings. The Morgan fingerprint density at radius 1 is 1.43 bits per heavy atom. The van der Waals surface area contributed by atoms with Crippen LogP contribution < -0.4 is 5.73 Å². The van der Waals surface area contributed by atoms with Crippen molar-refractivity contribution in [3.8, 4) is 11.8 Å². The van der Waals surface area contributed by atoms with Gasteiger partial charge in [-0.25, -0.2) is 17.6 Å². The van der Waals surface area contributed by atoms with Crippen LogP contribution in [0.3, 0.4) is 0 Å². The molecule has 1 aromatic heterocycles. The van der Waals surface area contributed by atoms with Gasteiger partial charge in [0.25, 0.3) is 0 Å². The molecule has 0 saturated heterocycles. The van der Waals surface area contributed by atoms with E-state index in [4.69, 9.17) is 11.0 Å². The Balaban J connectivity index is 2.82. The van der Waals surface area contributed by atoms with Gasteiger partial charge < -0.3 is 15.0 Å². The average Bonchev–Trinajstić information content (AvgIpc) is 2.82. The van der Waals surface area contributed by atoms with Crippen LogP contribution in [0.4, 0.5) is 10.1 Å². The lowest BCUT2D eigenvalue weighted by atomic mass is 10.2. The van der Waals surface area contributed by atoms with Crippen LogP contribution in [-0.2, 0) is 14.6 Å². The largest absolute Gasteiger partial charge is 0.464 e. The van der Waals surface area contributed by atoms with Crippen LogP contribution in [-0.4, -0.2) is 32.3 Å². The molecule has 0 saturated carbocycles. The number of methoxy groups -OCH3 is 1. The van der Waals surface area contributed by atoms with Crippen molar-refractivity contribution in [3.05, 3.63) is 41.5 Å². The van der Waals surface area contributed by atoms with Gasteiger partial charge in [-0.1, -0.05) is 0 Å². The maximum atomic E-state index is 14.1. The first-order valence-electron chi connectivity index (χ1n) is 6.20. The molecule has 9 heteroatoms. The second-order valence-corrected chi connectivity index (χ2v) is 6.68. The molecule has 0 amide bonds. The van der Waals surface area contributed by atoms with Crippen molar-refractivity contribution in [1.82, 2.24) is 4.57 Å². The topological polar surface area (TPSA) is 115 Å². The summed E-state index contributed by atoms with van der Waals surface area (Å²) in [6.07, 6.45) is 2.11. The van der Waals surface area contributed by atoms with Crippen LogP contribution in [0, 0.1) is 17.1 Å². The van der Waals surface area contributed by atoms with Crippen LogP contribution in [0.2, 0.25) is 0 Å². The zero-order valence-electron chi connectivity index (χ0n) is 12.2. The quantitative estimate of drug-likeness (QED) is 0.666. The molecule has 1 aromatic carbocycles. The number of carbonyl (C=O) groups excluding carboxylic acids is 1. The molecule has 0 spiro atoms. The molecular formula is C14H12FN3O4S. The minimum absolute atomic E-state index is 0.0606. The SMILES string of the molecule is COC(=O)c1c(N)c(C#N)cn1-c1cc(S(C)(=O)=O)ccc1F. The number of ether oxygens (including phenoxy) is 1. The maximum Gasteiger partial charge on any atom is 0.357 e. The zero-order chi connectivity index (χ0) is 17.4. The van der Waals surface area contributed by atoms with Crippen molar-refractivity contribution in [2.24, 2.45) is 0 Å². The van der Waals surface area contributed by atoms with Gasteiger partial charge >= 0.3 is 5.97 Å². The van der Waals surface area contributed by atoms with Gasteiger partial charge in [0.05, 0.1) is 28.9 Å². The molecule has 120 valence electrons. The van der Waals surface area contributed by atoms with Gasteiger partial charge in [0.15, 0.2) is 15.5 Å². The second kappa shape index (κ2) is 5.73. The summed E-state index contributed by atoms with van der Waals surface area (Å²) >= 11 is 0. The summed E-state index contributed by atoms with van der Waals surface area (Å²) in [5.74, 6) is -1.67. The molecule has 1 heterocycles. The van der Waals surface area contributed by atoms with E-state index in [0.29, 0.717) is 0 Å². The van der Waals surface area contributed by atoms with E-state index in [2.05, 4.69) is 4.74 Å². The first-order chi connectivity index (χ1) is 10.7. The fourth-order valence-electron chi connectivity index (χ4n) is 2.01. The van der Waals surface area contributed by atoms with E-state index in [1.54, 1.807) is 6.07 Å². The highest BCUT2D eigenvalue weighted by molar-refractivity contribution is 7.90. The van der Waals surface area contributed by atoms with Crippen molar-refractivity contribution in [2.45, 2.75) is 4.90 Å². The predicted octanol–water partition coefficient (Wildman–Crippen LogP) is 1.26. The number of anilines is 1. The van der Waals surface area contributed by atoms with Crippen molar-refractivity contribution in [2.75, 3.05) is 19.1 Å². The normalized spacial score (nSPS) is 11.0. The lowest BCUT2D eigenvalue weighted by Crippen LogP contribution is -2.12. The molecule has 2 N–H and O–H groups in total. The minimum atomic E-state index is -3.59. The van der Waals surface area contributed by atoms with Crippen molar-refractivity contribution < 1.29 is 22.3 Å². The van der Waals surface area contributed by atoms with Crippen LogP contribution in [0.1, 0.15) is 16.1 Å². The van der Waals surface area contributed by atoms with Gasteiger partial charge in [-0.15, -0.1) is 0 Å². The van der Waals surface area contributed by atoms with Gasteiger partial charge in [-0.3, -0.25) is 0 Å². The van der Waals surface area contributed by atoms with Gasteiger partial charge in [0, 0.05) is 12.5 Å². The highest BCUT2D eigenvalue weighted by atomic mass is 32.2. The number of benzene rings is 1. The standard InChI is InChI=1S/C14H12FN3O4S/c1-22-14(19)13-12(17)8(6-16)7-18(13)11-5-9(23(2,20)21)3-4-10(11)15/h3-5,7H,17H2,1-2H3. The summed E-state index contributed by atoms with van der Waals surface area (Å²) in [6, 6.07) is 4.88. The smallest absolute Gasteiger partial charge is 0.357 e. The van der Waals surface area contributed by atoms with Crippen LogP contribution >= 0.6 is 0 Å². The first-order valence-corrected chi connectivity index (χ1v) is 8.09. The molecule has 2 rings (SSSR count). The number of nitrogen functional groups attached to an aromatic ring is 1. The van der Waals surface area contributed by atoms with E-state index in [1.165, 1.54) is 0 Å². The van der Waals surface area contributed by atoms with Crippen molar-refractivity contribution in [3.63, 3.8) is 0 Å². The molecule has 0 aliphatic carbocycles. The molecule has 0 aliphatic rings. The third-order valence-corrected chi connectivity index (χ3v) is 4.26. The molecule has 23 heavy (non-hydrogen) atoms. The zero-order valence-corrected chi connectivity index (χ0v) is 13.0. The monoisotopic (exact) mass is 337 g/mol. The van der Waals surface area contributed by atoms with Crippen LogP contribution in [0.25, 0.3) is 5.69 Å². The highest BCUT2D eigenvalue weighted by Crippen LogP contribution is 2.27. The van der Waals surface area contributed by atoms with Gasteiger partial charge in [0.2, 0.25) is 0 Å². The third-order valence-electron chi connectivity index (χ3n) is 3.15. The number of esters is 1. The Morgan fingerprint density at radius 2 is 2.09 bits per heavy atom. The third kappa shape index (κ3) is 2.89. The average molecular weight is 337 g/mol. The summed E-state index contributed by atoms with van der Waals surface area (Å²) in [5.41, 5.74) is 4.99. The predicted molar refractivity (Wildman–Crippen MR) is 79.3 cm³/mol. The Kier molecular flexibility index (Phi) is 4.12. The summed E-state index contributed by atoms with van der Waals surface area (Å²) in [4.78, 5) is 11.7. The Morgan fingerprint density at radius 3 is 2.61 bits per heavy atom. The van der Waals surface area contributed by atoms with Crippen LogP contribution in [0.15, 0.2) is 29.3 Å². The summed E-state index contributed by atoms with van der Waals surface area (Å²) in [7, 11) is -2.48. The fraction of sp³-hybridized carbons (Fsp3) is 0.143. The molecule has 0 unspecified atom stereocenters. The fourth-order valence-corrected chi connectivity index (χ4v) is 2.65. The van der Waals surface area contributed by atoms with Crippen LogP contribution in [0.5, 0.6) is 0 Å². The number of halogens is 1. The van der Waals surface area contributed by atoms with Crippen molar-refractivity contribution in [1.29, 1.82) is 5.26 Å². The van der Waals surface area contributed by atoms with Gasteiger partial charge in [0.1, 0.15) is 11.9 Å². The van der Waals surface area contributed by atoms with E-state index in [1.807, 2.05) is 0 Å². The number of hydrogen-bond donors (Lipinski definition) is 1. The molecular weight excluding hydrogens is 325 g/mol. The first kappa shape index (κ1) is 16.5. The Labute approximate surface area is 131 Å². The second-order valence-electron chi connectivity index (χ2n) is 4.66. The lowest BCUT2D eigenvalue weighted by Gasteiger charge is -2.10. The minimum Gasteiger partial charge on any atom is -0.464 e. The summed E-state index contributed by atoms with van der Waals surface area (Å²) in [6.45, 7) is 0. The number of nitriles is 1. The molecule has 0 atom stereocenters. The number of carbonyl (C=O) groups is 1. The molecule has 0 aliphatic heterocycles. The number of aromatic nitrogens is 1. The molecule has 0 bridgehead atoms. The van der Waals surface area contributed by atoms with E-state index in [9.17, 15) is 17.6 Å². The van der Waals surface area contributed by atoms with Crippen molar-refractivity contribution >= 4 is 21.5 Å².